The second-order valence-electron chi connectivity index (χ2n) is 4.11. The smallest absolute Gasteiger partial charge is 0.328 e. The molecular weight excluding hydrogens is 206 g/mol. The third-order valence-electron chi connectivity index (χ3n) is 3.06. The molecule has 0 spiro atoms. The Morgan fingerprint density at radius 2 is 2.00 bits per heavy atom. The van der Waals surface area contributed by atoms with Gasteiger partial charge >= 0.3 is 5.97 Å². The number of ether oxygens (including phenoxy) is 1. The Bertz CT molecular complexity index is 269. The van der Waals surface area contributed by atoms with Gasteiger partial charge in [-0.2, -0.15) is 0 Å². The van der Waals surface area contributed by atoms with E-state index in [-0.39, 0.29) is 17.8 Å². The van der Waals surface area contributed by atoms with Gasteiger partial charge in [0.05, 0.1) is 7.11 Å². The summed E-state index contributed by atoms with van der Waals surface area (Å²) in [7, 11) is 1.35. The quantitative estimate of drug-likeness (QED) is 0.581. The molecule has 0 aromatic heterocycles. The summed E-state index contributed by atoms with van der Waals surface area (Å²) in [6.07, 6.45) is 6.55. The van der Waals surface area contributed by atoms with Gasteiger partial charge in [-0.05, 0) is 24.8 Å². The van der Waals surface area contributed by atoms with Crippen LogP contribution >= 0.6 is 0 Å². The fourth-order valence-electron chi connectivity index (χ4n) is 2.18. The van der Waals surface area contributed by atoms with Crippen LogP contribution in [0.1, 0.15) is 32.1 Å². The van der Waals surface area contributed by atoms with Crippen LogP contribution in [0.3, 0.4) is 0 Å². The Morgan fingerprint density at radius 1 is 1.38 bits per heavy atom. The summed E-state index contributed by atoms with van der Waals surface area (Å²) < 4.78 is 4.72. The summed E-state index contributed by atoms with van der Waals surface area (Å²) in [5, 5.41) is 2.66. The highest BCUT2D eigenvalue weighted by molar-refractivity contribution is 5.91. The van der Waals surface area contributed by atoms with Crippen LogP contribution in [0, 0.1) is 5.92 Å². The Hall–Kier alpha value is -1.32. The Morgan fingerprint density at radius 3 is 2.50 bits per heavy atom. The lowest BCUT2D eigenvalue weighted by Gasteiger charge is -2.28. The molecule has 1 aliphatic carbocycles. The second-order valence-corrected chi connectivity index (χ2v) is 4.11. The van der Waals surface area contributed by atoms with Crippen molar-refractivity contribution in [1.82, 2.24) is 5.32 Å². The van der Waals surface area contributed by atoms with E-state index in [1.54, 1.807) is 0 Å². The highest BCUT2D eigenvalue weighted by Crippen LogP contribution is 2.27. The van der Waals surface area contributed by atoms with Crippen LogP contribution in [0.2, 0.25) is 0 Å². The van der Waals surface area contributed by atoms with Crippen molar-refractivity contribution in [3.8, 4) is 0 Å². The minimum absolute atomic E-state index is 0.199. The van der Waals surface area contributed by atoms with E-state index in [9.17, 15) is 9.59 Å². The summed E-state index contributed by atoms with van der Waals surface area (Å²) in [6, 6.07) is -0.518. The zero-order valence-electron chi connectivity index (χ0n) is 9.70. The number of amides is 1. The molecule has 4 heteroatoms. The molecule has 90 valence electrons. The minimum Gasteiger partial charge on any atom is -0.467 e. The summed E-state index contributed by atoms with van der Waals surface area (Å²) in [5.41, 5.74) is 0. The van der Waals surface area contributed by atoms with Crippen molar-refractivity contribution in [1.29, 1.82) is 0 Å². The van der Waals surface area contributed by atoms with E-state index >= 15 is 0 Å². The summed E-state index contributed by atoms with van der Waals surface area (Å²) in [5.74, 6) is -0.479. The van der Waals surface area contributed by atoms with E-state index in [0.29, 0.717) is 0 Å². The van der Waals surface area contributed by atoms with E-state index < -0.39 is 6.04 Å². The topological polar surface area (TPSA) is 55.4 Å². The van der Waals surface area contributed by atoms with Crippen molar-refractivity contribution in [2.24, 2.45) is 5.92 Å². The van der Waals surface area contributed by atoms with Crippen LogP contribution < -0.4 is 5.32 Å². The molecule has 1 rings (SSSR count). The van der Waals surface area contributed by atoms with E-state index in [0.717, 1.165) is 25.7 Å². The highest BCUT2D eigenvalue weighted by atomic mass is 16.5. The molecule has 0 radical (unpaired) electrons. The Balaban J connectivity index is 2.65. The van der Waals surface area contributed by atoms with Gasteiger partial charge in [0, 0.05) is 0 Å². The largest absolute Gasteiger partial charge is 0.467 e. The fraction of sp³-hybridized carbons (Fsp3) is 0.667. The summed E-state index contributed by atoms with van der Waals surface area (Å²) in [6.45, 7) is 3.38. The zero-order valence-corrected chi connectivity index (χ0v) is 9.70. The molecule has 0 saturated heterocycles. The fourth-order valence-corrected chi connectivity index (χ4v) is 2.18. The van der Waals surface area contributed by atoms with E-state index in [2.05, 4.69) is 11.9 Å². The lowest BCUT2D eigenvalue weighted by Crippen LogP contribution is -2.46. The maximum absolute atomic E-state index is 11.6. The number of hydrogen-bond acceptors (Lipinski definition) is 3. The van der Waals surface area contributed by atoms with Crippen molar-refractivity contribution >= 4 is 11.9 Å². The van der Waals surface area contributed by atoms with Gasteiger partial charge in [0.25, 0.3) is 0 Å². The predicted octanol–water partition coefficient (Wildman–Crippen LogP) is 1.41. The van der Waals surface area contributed by atoms with Crippen molar-refractivity contribution in [2.75, 3.05) is 7.11 Å². The lowest BCUT2D eigenvalue weighted by atomic mass is 9.84. The first-order valence-electron chi connectivity index (χ1n) is 5.69. The number of carbonyl (C=O) groups excluding carboxylic acids is 2. The molecule has 0 heterocycles. The molecule has 0 bridgehead atoms. The monoisotopic (exact) mass is 225 g/mol. The molecule has 1 aliphatic rings. The third kappa shape index (κ3) is 3.36. The Kier molecular flexibility index (Phi) is 5.02. The first kappa shape index (κ1) is 12.7. The molecule has 0 unspecified atom stereocenters. The second kappa shape index (κ2) is 6.30. The van der Waals surface area contributed by atoms with Gasteiger partial charge in [0.1, 0.15) is 6.04 Å². The van der Waals surface area contributed by atoms with Gasteiger partial charge in [0.2, 0.25) is 5.91 Å². The van der Waals surface area contributed by atoms with Crippen LogP contribution in [-0.4, -0.2) is 25.0 Å². The van der Waals surface area contributed by atoms with Gasteiger partial charge in [-0.15, -0.1) is 0 Å². The maximum atomic E-state index is 11.6. The first-order valence-corrected chi connectivity index (χ1v) is 5.69. The van der Waals surface area contributed by atoms with Gasteiger partial charge in [-0.25, -0.2) is 4.79 Å². The number of esters is 1. The van der Waals surface area contributed by atoms with Crippen LogP contribution in [0.5, 0.6) is 0 Å². The van der Waals surface area contributed by atoms with Gasteiger partial charge in [-0.3, -0.25) is 4.79 Å². The minimum atomic E-state index is -0.518. The van der Waals surface area contributed by atoms with Crippen molar-refractivity contribution in [2.45, 2.75) is 38.1 Å². The van der Waals surface area contributed by atoms with Crippen molar-refractivity contribution < 1.29 is 14.3 Å². The first-order chi connectivity index (χ1) is 7.69. The molecule has 0 aromatic carbocycles. The number of methoxy groups -OCH3 is 1. The normalized spacial score (nSPS) is 18.6. The molecule has 1 N–H and O–H groups in total. The maximum Gasteiger partial charge on any atom is 0.328 e. The molecule has 4 nitrogen and oxygen atoms in total. The zero-order chi connectivity index (χ0) is 12.0. The van der Waals surface area contributed by atoms with Crippen LogP contribution in [-0.2, 0) is 14.3 Å². The molecule has 1 fully saturated rings. The third-order valence-corrected chi connectivity index (χ3v) is 3.06. The number of hydrogen-bond donors (Lipinski definition) is 1. The average molecular weight is 225 g/mol. The standard InChI is InChI=1S/C12H19NO3/c1-3-10(14)13-11(12(15)16-2)9-7-5-4-6-8-9/h3,9,11H,1,4-8H2,2H3,(H,13,14)/t11-/m0/s1. The van der Waals surface area contributed by atoms with Crippen molar-refractivity contribution in [3.05, 3.63) is 12.7 Å². The highest BCUT2D eigenvalue weighted by Gasteiger charge is 2.30. The number of nitrogens with one attached hydrogen (secondary N) is 1. The Labute approximate surface area is 96.0 Å². The number of carbonyl (C=O) groups is 2. The van der Waals surface area contributed by atoms with Crippen LogP contribution in [0.15, 0.2) is 12.7 Å². The SMILES string of the molecule is C=CC(=O)N[C@H](C(=O)OC)C1CCCCC1. The van der Waals surface area contributed by atoms with Gasteiger partial charge < -0.3 is 10.1 Å². The summed E-state index contributed by atoms with van der Waals surface area (Å²) in [4.78, 5) is 22.8. The molecule has 1 atom stereocenters. The molecule has 1 amide bonds. The van der Waals surface area contributed by atoms with E-state index in [4.69, 9.17) is 4.74 Å². The molecular formula is C12H19NO3. The molecule has 1 saturated carbocycles. The lowest BCUT2D eigenvalue weighted by molar-refractivity contribution is -0.146. The average Bonchev–Trinajstić information content (AvgIpc) is 2.35. The molecule has 0 aromatic rings. The summed E-state index contributed by atoms with van der Waals surface area (Å²) >= 11 is 0. The predicted molar refractivity (Wildman–Crippen MR) is 60.7 cm³/mol. The van der Waals surface area contributed by atoms with Crippen LogP contribution in [0.4, 0.5) is 0 Å². The van der Waals surface area contributed by atoms with Gasteiger partial charge in [0.15, 0.2) is 0 Å². The van der Waals surface area contributed by atoms with E-state index in [1.165, 1.54) is 19.6 Å². The molecule has 0 aliphatic heterocycles. The molecule has 16 heavy (non-hydrogen) atoms. The van der Waals surface area contributed by atoms with Gasteiger partial charge in [-0.1, -0.05) is 25.8 Å². The van der Waals surface area contributed by atoms with E-state index in [1.807, 2.05) is 0 Å². The van der Waals surface area contributed by atoms with Crippen LogP contribution in [0.25, 0.3) is 0 Å². The van der Waals surface area contributed by atoms with Crippen molar-refractivity contribution in [3.63, 3.8) is 0 Å². The number of rotatable bonds is 4.